The molecular formula is C19H23BrF3N3O3S. The van der Waals surface area contributed by atoms with Gasteiger partial charge in [0.05, 0.1) is 23.6 Å². The van der Waals surface area contributed by atoms with E-state index in [2.05, 4.69) is 15.9 Å². The molecule has 2 atom stereocenters. The monoisotopic (exact) mass is 509 g/mol. The molecule has 1 aliphatic carbocycles. The summed E-state index contributed by atoms with van der Waals surface area (Å²) in [6, 6.07) is 2.89. The summed E-state index contributed by atoms with van der Waals surface area (Å²) in [5.41, 5.74) is 3.89. The van der Waals surface area contributed by atoms with Crippen molar-refractivity contribution in [3.63, 3.8) is 0 Å². The quantitative estimate of drug-likeness (QED) is 0.578. The third-order valence-corrected chi connectivity index (χ3v) is 7.29. The van der Waals surface area contributed by atoms with E-state index in [1.54, 1.807) is 13.8 Å². The van der Waals surface area contributed by atoms with Crippen molar-refractivity contribution in [1.29, 1.82) is 5.26 Å². The van der Waals surface area contributed by atoms with Crippen LogP contribution in [0.4, 0.5) is 13.2 Å². The van der Waals surface area contributed by atoms with E-state index < -0.39 is 45.3 Å². The second kappa shape index (κ2) is 8.85. The Kier molecular flexibility index (Phi) is 7.26. The molecule has 11 heteroatoms. The topological polar surface area (TPSA) is 104 Å². The van der Waals surface area contributed by atoms with E-state index in [1.807, 2.05) is 6.07 Å². The van der Waals surface area contributed by atoms with Crippen molar-refractivity contribution in [3.05, 3.63) is 34.3 Å². The molecule has 1 amide bonds. The Morgan fingerprint density at radius 1 is 1.27 bits per heavy atom. The van der Waals surface area contributed by atoms with Crippen LogP contribution in [-0.4, -0.2) is 48.5 Å². The highest BCUT2D eigenvalue weighted by molar-refractivity contribution is 9.10. The second-order valence-electron chi connectivity index (χ2n) is 7.92. The van der Waals surface area contributed by atoms with E-state index >= 15 is 0 Å². The molecule has 1 aliphatic rings. The van der Waals surface area contributed by atoms with Gasteiger partial charge < -0.3 is 10.6 Å². The Hall–Kier alpha value is -1.64. The largest absolute Gasteiger partial charge is 0.413 e. The van der Waals surface area contributed by atoms with Gasteiger partial charge in [-0.3, -0.25) is 4.79 Å². The van der Waals surface area contributed by atoms with Crippen LogP contribution in [0.3, 0.4) is 0 Å². The molecule has 6 nitrogen and oxygen atoms in total. The zero-order chi connectivity index (χ0) is 22.9. The fourth-order valence-corrected chi connectivity index (χ4v) is 5.45. The van der Waals surface area contributed by atoms with E-state index in [0.717, 1.165) is 0 Å². The van der Waals surface area contributed by atoms with E-state index in [1.165, 1.54) is 24.3 Å². The molecule has 1 aromatic carbocycles. The minimum absolute atomic E-state index is 0.0593. The zero-order valence-electron chi connectivity index (χ0n) is 16.5. The lowest BCUT2D eigenvalue weighted by molar-refractivity contribution is -0.197. The van der Waals surface area contributed by atoms with Gasteiger partial charge in [-0.05, 0) is 36.5 Å². The van der Waals surface area contributed by atoms with Crippen molar-refractivity contribution in [2.45, 2.75) is 50.5 Å². The van der Waals surface area contributed by atoms with E-state index in [9.17, 15) is 31.6 Å². The van der Waals surface area contributed by atoms with Crippen LogP contribution in [0.1, 0.15) is 38.3 Å². The van der Waals surface area contributed by atoms with Crippen LogP contribution in [0.5, 0.6) is 0 Å². The standard InChI is InChI=1S/C19H23BrF3N3O3S/c1-12(2)9-30(28,29)10-15(25)17(27)26(18(11-24)7-8-18)16(19(21,22)23)13-3-5-14(20)6-4-13/h3-6,12,15-16H,7-10,25H2,1-2H3/t15-,16-/m0/s1. The Balaban J connectivity index is 2.48. The van der Waals surface area contributed by atoms with Crippen LogP contribution >= 0.6 is 15.9 Å². The number of rotatable bonds is 8. The molecule has 166 valence electrons. The van der Waals surface area contributed by atoms with Gasteiger partial charge in [0.1, 0.15) is 5.54 Å². The van der Waals surface area contributed by atoms with Gasteiger partial charge in [0.15, 0.2) is 15.9 Å². The third kappa shape index (κ3) is 5.74. The summed E-state index contributed by atoms with van der Waals surface area (Å²) in [5.74, 6) is -2.46. The number of halogens is 4. The van der Waals surface area contributed by atoms with Gasteiger partial charge in [-0.1, -0.05) is 41.9 Å². The number of amides is 1. The summed E-state index contributed by atoms with van der Waals surface area (Å²) in [6.07, 6.45) is -4.78. The van der Waals surface area contributed by atoms with Crippen molar-refractivity contribution in [1.82, 2.24) is 4.90 Å². The molecule has 30 heavy (non-hydrogen) atoms. The molecule has 0 saturated heterocycles. The predicted octanol–water partition coefficient (Wildman–Crippen LogP) is 3.34. The number of hydrogen-bond donors (Lipinski definition) is 1. The maximum Gasteiger partial charge on any atom is 0.413 e. The van der Waals surface area contributed by atoms with Crippen LogP contribution in [0.2, 0.25) is 0 Å². The maximum atomic E-state index is 14.1. The molecule has 1 fully saturated rings. The number of nitriles is 1. The molecular weight excluding hydrogens is 487 g/mol. The fourth-order valence-electron chi connectivity index (χ4n) is 3.34. The molecule has 0 aromatic heterocycles. The Morgan fingerprint density at radius 3 is 2.20 bits per heavy atom. The molecule has 0 radical (unpaired) electrons. The number of benzene rings is 1. The minimum atomic E-state index is -4.90. The summed E-state index contributed by atoms with van der Waals surface area (Å²) < 4.78 is 67.4. The van der Waals surface area contributed by atoms with E-state index in [4.69, 9.17) is 5.73 Å². The number of carbonyl (C=O) groups excluding carboxylic acids is 1. The predicted molar refractivity (Wildman–Crippen MR) is 109 cm³/mol. The SMILES string of the molecule is CC(C)CS(=O)(=O)C[C@H](N)C(=O)N([C@@H](c1ccc(Br)cc1)C(F)(F)F)C1(C#N)CC1. The van der Waals surface area contributed by atoms with Crippen molar-refractivity contribution in [2.24, 2.45) is 11.7 Å². The highest BCUT2D eigenvalue weighted by Gasteiger charge is 2.60. The van der Waals surface area contributed by atoms with E-state index in [0.29, 0.717) is 9.37 Å². The fraction of sp³-hybridized carbons (Fsp3) is 0.579. The van der Waals surface area contributed by atoms with Crippen LogP contribution in [-0.2, 0) is 14.6 Å². The first kappa shape index (κ1) is 24.6. The summed E-state index contributed by atoms with van der Waals surface area (Å²) in [5, 5.41) is 9.54. The summed E-state index contributed by atoms with van der Waals surface area (Å²) in [6.45, 7) is 3.33. The Morgan fingerprint density at radius 2 is 1.80 bits per heavy atom. The van der Waals surface area contributed by atoms with Crippen molar-refractivity contribution in [3.8, 4) is 6.07 Å². The molecule has 1 saturated carbocycles. The van der Waals surface area contributed by atoms with Crippen LogP contribution in [0.25, 0.3) is 0 Å². The van der Waals surface area contributed by atoms with Gasteiger partial charge in [0, 0.05) is 4.47 Å². The Bertz CT molecular complexity index is 923. The lowest BCUT2D eigenvalue weighted by atomic mass is 10.0. The average molecular weight is 510 g/mol. The van der Waals surface area contributed by atoms with Crippen molar-refractivity contribution >= 4 is 31.7 Å². The van der Waals surface area contributed by atoms with Gasteiger partial charge in [-0.15, -0.1) is 0 Å². The summed E-state index contributed by atoms with van der Waals surface area (Å²) in [4.78, 5) is 13.5. The number of sulfone groups is 1. The Labute approximate surface area is 182 Å². The number of nitrogens with two attached hydrogens (primary N) is 1. The highest BCUT2D eigenvalue weighted by atomic mass is 79.9. The molecule has 0 spiro atoms. The summed E-state index contributed by atoms with van der Waals surface area (Å²) in [7, 11) is -3.76. The third-order valence-electron chi connectivity index (χ3n) is 4.72. The van der Waals surface area contributed by atoms with Crippen molar-refractivity contribution in [2.75, 3.05) is 11.5 Å². The second-order valence-corrected chi connectivity index (χ2v) is 11.0. The van der Waals surface area contributed by atoms with Gasteiger partial charge in [0.2, 0.25) is 5.91 Å². The lowest BCUT2D eigenvalue weighted by Crippen LogP contribution is -2.56. The first-order valence-electron chi connectivity index (χ1n) is 9.25. The first-order valence-corrected chi connectivity index (χ1v) is 11.9. The number of hydrogen-bond acceptors (Lipinski definition) is 5. The molecule has 0 aliphatic heterocycles. The first-order chi connectivity index (χ1) is 13.7. The van der Waals surface area contributed by atoms with Crippen LogP contribution in [0, 0.1) is 17.2 Å². The molecule has 0 bridgehead atoms. The van der Waals surface area contributed by atoms with Crippen LogP contribution < -0.4 is 5.73 Å². The normalized spacial score (nSPS) is 17.8. The minimum Gasteiger partial charge on any atom is -0.319 e. The smallest absolute Gasteiger partial charge is 0.319 e. The molecule has 0 heterocycles. The van der Waals surface area contributed by atoms with Gasteiger partial charge >= 0.3 is 6.18 Å². The highest BCUT2D eigenvalue weighted by Crippen LogP contribution is 2.50. The lowest BCUT2D eigenvalue weighted by Gasteiger charge is -2.38. The zero-order valence-corrected chi connectivity index (χ0v) is 18.9. The molecule has 0 unspecified atom stereocenters. The van der Waals surface area contributed by atoms with Gasteiger partial charge in [0.25, 0.3) is 0 Å². The average Bonchev–Trinajstić information content (AvgIpc) is 3.38. The maximum absolute atomic E-state index is 14.1. The van der Waals surface area contributed by atoms with Gasteiger partial charge in [-0.2, -0.15) is 18.4 Å². The van der Waals surface area contributed by atoms with E-state index in [-0.39, 0.29) is 30.1 Å². The van der Waals surface area contributed by atoms with Crippen LogP contribution in [0.15, 0.2) is 28.7 Å². The molecule has 2 N–H and O–H groups in total. The number of alkyl halides is 3. The molecule has 2 rings (SSSR count). The van der Waals surface area contributed by atoms with Gasteiger partial charge in [-0.25, -0.2) is 8.42 Å². The number of carbonyl (C=O) groups is 1. The summed E-state index contributed by atoms with van der Waals surface area (Å²) >= 11 is 3.15. The number of nitrogens with zero attached hydrogens (tertiary/aromatic N) is 2. The van der Waals surface area contributed by atoms with Crippen molar-refractivity contribution < 1.29 is 26.4 Å². The molecule has 1 aromatic rings.